The Morgan fingerprint density at radius 2 is 1.81 bits per heavy atom. The Hall–Kier alpha value is 0.260. The monoisotopic (exact) mass is 316 g/mol. The fraction of sp³-hybridized carbons (Fsp3) is 0.889. The van der Waals surface area contributed by atoms with Gasteiger partial charge in [-0.2, -0.15) is 0 Å². The second kappa shape index (κ2) is 8.37. The van der Waals surface area contributed by atoms with Gasteiger partial charge in [-0.1, -0.05) is 15.9 Å². The van der Waals surface area contributed by atoms with Crippen molar-refractivity contribution in [3.05, 3.63) is 0 Å². The highest BCUT2D eigenvalue weighted by Crippen LogP contribution is 2.53. The largest absolute Gasteiger partial charge is 0.366 e. The van der Waals surface area contributed by atoms with Crippen LogP contribution in [0.5, 0.6) is 0 Å². The third-order valence-corrected chi connectivity index (χ3v) is 4.25. The van der Waals surface area contributed by atoms with E-state index in [1.165, 1.54) is 6.92 Å². The molecule has 0 amide bonds. The number of alkyl halides is 1. The van der Waals surface area contributed by atoms with Crippen molar-refractivity contribution >= 4 is 29.3 Å². The van der Waals surface area contributed by atoms with E-state index in [4.69, 9.17) is 13.8 Å². The van der Waals surface area contributed by atoms with E-state index in [1.807, 2.05) is 0 Å². The molecule has 0 aromatic heterocycles. The molecule has 0 aliphatic rings. The SMILES string of the molecule is CCOP(=O)(OCC)C(OCCBr)C(C)=O. The second-order valence-corrected chi connectivity index (χ2v) is 5.76. The second-order valence-electron chi connectivity index (χ2n) is 2.90. The lowest BCUT2D eigenvalue weighted by molar-refractivity contribution is -0.124. The molecule has 0 heterocycles. The van der Waals surface area contributed by atoms with Crippen molar-refractivity contribution in [3.63, 3.8) is 0 Å². The minimum absolute atomic E-state index is 0.207. The van der Waals surface area contributed by atoms with E-state index in [0.717, 1.165) is 0 Å². The number of hydrogen-bond acceptors (Lipinski definition) is 5. The highest BCUT2D eigenvalue weighted by atomic mass is 79.9. The molecular weight excluding hydrogens is 299 g/mol. The van der Waals surface area contributed by atoms with Gasteiger partial charge in [0.15, 0.2) is 5.78 Å². The number of hydrogen-bond donors (Lipinski definition) is 0. The molecule has 0 aliphatic heterocycles. The van der Waals surface area contributed by atoms with Gasteiger partial charge in [0.1, 0.15) is 0 Å². The molecule has 0 bridgehead atoms. The third kappa shape index (κ3) is 5.06. The van der Waals surface area contributed by atoms with Crippen LogP contribution in [0.25, 0.3) is 0 Å². The van der Waals surface area contributed by atoms with Crippen molar-refractivity contribution in [1.82, 2.24) is 0 Å². The molecule has 7 heteroatoms. The molecule has 0 rings (SSSR count). The number of ketones is 1. The van der Waals surface area contributed by atoms with Gasteiger partial charge in [0.25, 0.3) is 0 Å². The van der Waals surface area contributed by atoms with Gasteiger partial charge in [0, 0.05) is 5.33 Å². The van der Waals surface area contributed by atoms with E-state index in [9.17, 15) is 9.36 Å². The van der Waals surface area contributed by atoms with Crippen molar-refractivity contribution < 1.29 is 23.1 Å². The first-order valence-electron chi connectivity index (χ1n) is 5.08. The maximum Gasteiger partial charge on any atom is 0.366 e. The first kappa shape index (κ1) is 16.3. The highest BCUT2D eigenvalue weighted by molar-refractivity contribution is 9.09. The van der Waals surface area contributed by atoms with Gasteiger partial charge in [0.2, 0.25) is 5.85 Å². The van der Waals surface area contributed by atoms with Crippen LogP contribution in [0.3, 0.4) is 0 Å². The molecule has 0 aromatic carbocycles. The summed E-state index contributed by atoms with van der Waals surface area (Å²) in [7, 11) is -3.51. The van der Waals surface area contributed by atoms with Crippen molar-refractivity contribution in [2.45, 2.75) is 26.6 Å². The number of Topliss-reactive ketones (excluding diaryl/α,β-unsaturated/α-hetero) is 1. The van der Waals surface area contributed by atoms with Gasteiger partial charge in [-0.05, 0) is 20.8 Å². The van der Waals surface area contributed by atoms with Crippen LogP contribution in [0.15, 0.2) is 0 Å². The third-order valence-electron chi connectivity index (χ3n) is 1.61. The van der Waals surface area contributed by atoms with Gasteiger partial charge in [-0.15, -0.1) is 0 Å². The Kier molecular flexibility index (Phi) is 8.50. The molecule has 96 valence electrons. The van der Waals surface area contributed by atoms with Crippen molar-refractivity contribution in [3.8, 4) is 0 Å². The predicted octanol–water partition coefficient (Wildman–Crippen LogP) is 2.58. The lowest BCUT2D eigenvalue weighted by Gasteiger charge is -2.24. The highest BCUT2D eigenvalue weighted by Gasteiger charge is 2.39. The zero-order valence-corrected chi connectivity index (χ0v) is 12.3. The number of ether oxygens (including phenoxy) is 1. The molecular formula is C9H18BrO5P. The van der Waals surface area contributed by atoms with E-state index in [-0.39, 0.29) is 25.6 Å². The fourth-order valence-corrected chi connectivity index (χ4v) is 3.11. The zero-order chi connectivity index (χ0) is 12.6. The van der Waals surface area contributed by atoms with Crippen LogP contribution < -0.4 is 0 Å². The summed E-state index contributed by atoms with van der Waals surface area (Å²) in [6, 6.07) is 0. The average molecular weight is 317 g/mol. The summed E-state index contributed by atoms with van der Waals surface area (Å²) >= 11 is 3.16. The van der Waals surface area contributed by atoms with E-state index in [1.54, 1.807) is 13.8 Å². The summed E-state index contributed by atoms with van der Waals surface area (Å²) in [6.45, 7) is 5.37. The first-order valence-corrected chi connectivity index (χ1v) is 7.82. The van der Waals surface area contributed by atoms with Gasteiger partial charge in [-0.25, -0.2) is 0 Å². The summed E-state index contributed by atoms with van der Waals surface area (Å²) in [4.78, 5) is 11.4. The summed E-state index contributed by atoms with van der Waals surface area (Å²) in [6.07, 6.45) is 0. The minimum atomic E-state index is -3.51. The summed E-state index contributed by atoms with van der Waals surface area (Å²) in [5, 5.41) is 0.551. The molecule has 0 saturated heterocycles. The molecule has 5 nitrogen and oxygen atoms in total. The molecule has 1 atom stereocenters. The van der Waals surface area contributed by atoms with Crippen LogP contribution in [-0.2, 0) is 23.1 Å². The Balaban J connectivity index is 4.78. The van der Waals surface area contributed by atoms with Gasteiger partial charge >= 0.3 is 7.60 Å². The lowest BCUT2D eigenvalue weighted by Crippen LogP contribution is -2.25. The van der Waals surface area contributed by atoms with E-state index < -0.39 is 13.4 Å². The Bertz CT molecular complexity index is 248. The van der Waals surface area contributed by atoms with E-state index >= 15 is 0 Å². The smallest absolute Gasteiger partial charge is 0.358 e. The number of carbonyl (C=O) groups is 1. The van der Waals surface area contributed by atoms with E-state index in [2.05, 4.69) is 15.9 Å². The molecule has 0 fully saturated rings. The molecule has 16 heavy (non-hydrogen) atoms. The van der Waals surface area contributed by atoms with Crippen molar-refractivity contribution in [1.29, 1.82) is 0 Å². The summed E-state index contributed by atoms with van der Waals surface area (Å²) in [5.41, 5.74) is 0. The van der Waals surface area contributed by atoms with Crippen molar-refractivity contribution in [2.75, 3.05) is 25.2 Å². The Morgan fingerprint density at radius 1 is 1.31 bits per heavy atom. The van der Waals surface area contributed by atoms with Gasteiger partial charge < -0.3 is 13.8 Å². The maximum absolute atomic E-state index is 12.3. The molecule has 0 saturated carbocycles. The maximum atomic E-state index is 12.3. The lowest BCUT2D eigenvalue weighted by atomic mass is 10.5. The van der Waals surface area contributed by atoms with E-state index in [0.29, 0.717) is 5.33 Å². The molecule has 0 N–H and O–H groups in total. The number of rotatable bonds is 9. The fourth-order valence-electron chi connectivity index (χ4n) is 1.12. The molecule has 0 radical (unpaired) electrons. The van der Waals surface area contributed by atoms with Crippen LogP contribution in [0, 0.1) is 0 Å². The average Bonchev–Trinajstić information content (AvgIpc) is 2.18. The Morgan fingerprint density at radius 3 is 2.12 bits per heavy atom. The number of carbonyl (C=O) groups excluding carboxylic acids is 1. The van der Waals surface area contributed by atoms with Crippen molar-refractivity contribution in [2.24, 2.45) is 0 Å². The Labute approximate surface area is 104 Å². The summed E-state index contributed by atoms with van der Waals surface area (Å²) < 4.78 is 27.6. The topological polar surface area (TPSA) is 61.8 Å². The molecule has 0 aromatic rings. The van der Waals surface area contributed by atoms with Gasteiger partial charge in [0.05, 0.1) is 19.8 Å². The summed E-state index contributed by atoms with van der Waals surface area (Å²) in [5.74, 6) is -1.49. The quantitative estimate of drug-likeness (QED) is 0.483. The first-order chi connectivity index (χ1) is 7.51. The minimum Gasteiger partial charge on any atom is -0.358 e. The molecule has 0 aliphatic carbocycles. The standard InChI is InChI=1S/C9H18BrO5P/c1-4-14-16(12,15-5-2)9(8(3)11)13-7-6-10/h9H,4-7H2,1-3H3. The van der Waals surface area contributed by atoms with Crippen LogP contribution >= 0.6 is 23.5 Å². The van der Waals surface area contributed by atoms with Crippen LogP contribution in [0.4, 0.5) is 0 Å². The van der Waals surface area contributed by atoms with Gasteiger partial charge in [-0.3, -0.25) is 9.36 Å². The molecule has 1 unspecified atom stereocenters. The predicted molar refractivity (Wildman–Crippen MR) is 65.1 cm³/mol. The van der Waals surface area contributed by atoms with Crippen LogP contribution in [0.2, 0.25) is 0 Å². The molecule has 0 spiro atoms. The zero-order valence-electron chi connectivity index (χ0n) is 9.77. The van der Waals surface area contributed by atoms with Crippen LogP contribution in [-0.4, -0.2) is 36.8 Å². The number of halogens is 1. The van der Waals surface area contributed by atoms with Crippen LogP contribution in [0.1, 0.15) is 20.8 Å². The normalized spacial score (nSPS) is 13.8.